The van der Waals surface area contributed by atoms with Gasteiger partial charge in [-0.25, -0.2) is 4.79 Å². The lowest BCUT2D eigenvalue weighted by Crippen LogP contribution is -2.70. The Morgan fingerprint density at radius 1 is 0.925 bits per heavy atom. The second-order valence-corrected chi connectivity index (χ2v) is 18.0. The minimum atomic E-state index is -1.58. The van der Waals surface area contributed by atoms with E-state index < -0.39 is 34.4 Å². The van der Waals surface area contributed by atoms with Crippen LogP contribution in [0.15, 0.2) is 102 Å². The number of nitro benzene ring substituents is 1. The number of aliphatic hydroxyl groups is 3. The number of benzene rings is 3. The molecule has 16 nitrogen and oxygen atoms in total. The van der Waals surface area contributed by atoms with Crippen molar-refractivity contribution < 1.29 is 58.3 Å². The van der Waals surface area contributed by atoms with Crippen LogP contribution in [0, 0.1) is 27.9 Å². The summed E-state index contributed by atoms with van der Waals surface area (Å²) in [6.07, 6.45) is 7.51. The highest BCUT2D eigenvalue weighted by atomic mass is 16.7. The number of allylic oxidation sites excluding steroid dienone is 1. The molecule has 0 radical (unpaired) electrons. The van der Waals surface area contributed by atoms with E-state index in [1.165, 1.54) is 12.1 Å². The molecule has 0 aromatic heterocycles. The number of rotatable bonds is 26. The first kappa shape index (κ1) is 51.0. The number of aliphatic hydroxyl groups excluding tert-OH is 3. The van der Waals surface area contributed by atoms with Gasteiger partial charge in [-0.3, -0.25) is 15.0 Å². The van der Waals surface area contributed by atoms with Gasteiger partial charge in [0.1, 0.15) is 35.5 Å². The Morgan fingerprint density at radius 2 is 1.69 bits per heavy atom. The molecule has 2 aliphatic carbocycles. The van der Waals surface area contributed by atoms with Crippen molar-refractivity contribution in [3.63, 3.8) is 0 Å². The maximum absolute atomic E-state index is 14.7. The van der Waals surface area contributed by atoms with Crippen LogP contribution in [0.4, 0.5) is 10.5 Å². The highest BCUT2D eigenvalue weighted by Gasteiger charge is 2.65. The van der Waals surface area contributed by atoms with Crippen molar-refractivity contribution in [3.05, 3.63) is 118 Å². The van der Waals surface area contributed by atoms with Crippen LogP contribution in [0.1, 0.15) is 82.8 Å². The van der Waals surface area contributed by atoms with Gasteiger partial charge in [-0.2, -0.15) is 0 Å². The molecule has 1 amide bonds. The standard InChI is InChI=1S/C51H67N3O13/c1-5-26-64-51-46(53(22-27-61-28-25-57)49(58)63-30-29-62-35-36-14-7-6-8-15-36)34-44(52-67-50(2,3)4)42-31-37(16-9-11-23-55)41(19-10-12-24-56)47(48(42)51)43-33-40(20-21-45(43)66-51)65-39-18-13-17-38(32-39)54(59)60/h5-8,13-15,17-18,20-21,31-33,37,41,46-48,55-57H,1,9-12,16,19,22-30,34-35H2,2-4H3/t37-,41+,46-,47+,48+,51+/m0/s1. The summed E-state index contributed by atoms with van der Waals surface area (Å²) in [5.74, 6) is -1.44. The number of hydrogen-bond donors (Lipinski definition) is 3. The quantitative estimate of drug-likeness (QED) is 0.0300. The van der Waals surface area contributed by atoms with Gasteiger partial charge in [-0.05, 0) is 93.7 Å². The molecule has 364 valence electrons. The Bertz CT molecular complexity index is 2140. The van der Waals surface area contributed by atoms with E-state index in [1.807, 2.05) is 57.2 Å². The third kappa shape index (κ3) is 13.2. The third-order valence-corrected chi connectivity index (χ3v) is 12.2. The number of carbonyl (C=O) groups is 1. The zero-order valence-corrected chi connectivity index (χ0v) is 39.0. The normalized spacial score (nSPS) is 22.4. The molecule has 1 saturated carbocycles. The van der Waals surface area contributed by atoms with Gasteiger partial charge in [0, 0.05) is 43.7 Å². The van der Waals surface area contributed by atoms with E-state index in [0.717, 1.165) is 36.0 Å². The van der Waals surface area contributed by atoms with Gasteiger partial charge >= 0.3 is 6.09 Å². The van der Waals surface area contributed by atoms with Gasteiger partial charge in [0.25, 0.3) is 5.69 Å². The average Bonchev–Trinajstić information content (AvgIpc) is 3.31. The lowest BCUT2D eigenvalue weighted by molar-refractivity contribution is -0.384. The van der Waals surface area contributed by atoms with Crippen LogP contribution in [0.5, 0.6) is 17.2 Å². The van der Waals surface area contributed by atoms with Crippen molar-refractivity contribution in [2.75, 3.05) is 59.4 Å². The summed E-state index contributed by atoms with van der Waals surface area (Å²) in [4.78, 5) is 33.7. The predicted molar refractivity (Wildman–Crippen MR) is 251 cm³/mol. The Kier molecular flexibility index (Phi) is 18.7. The fourth-order valence-electron chi connectivity index (χ4n) is 9.44. The Balaban J connectivity index is 1.51. The van der Waals surface area contributed by atoms with Gasteiger partial charge in [-0.15, -0.1) is 6.58 Å². The zero-order valence-electron chi connectivity index (χ0n) is 39.0. The minimum Gasteiger partial charge on any atom is -0.459 e. The summed E-state index contributed by atoms with van der Waals surface area (Å²) in [5.41, 5.74) is 2.45. The molecule has 3 aromatic rings. The maximum Gasteiger partial charge on any atom is 0.410 e. The van der Waals surface area contributed by atoms with Crippen molar-refractivity contribution in [1.82, 2.24) is 4.90 Å². The van der Waals surface area contributed by atoms with Gasteiger partial charge in [0.2, 0.25) is 5.79 Å². The van der Waals surface area contributed by atoms with Gasteiger partial charge in [0.05, 0.1) is 62.3 Å². The van der Waals surface area contributed by atoms with Crippen molar-refractivity contribution in [2.45, 2.75) is 95.7 Å². The van der Waals surface area contributed by atoms with E-state index in [9.17, 15) is 30.2 Å². The lowest BCUT2D eigenvalue weighted by Gasteiger charge is -2.59. The molecular weight excluding hydrogens is 863 g/mol. The molecule has 1 heterocycles. The number of oxime groups is 1. The molecule has 0 unspecified atom stereocenters. The van der Waals surface area contributed by atoms with E-state index in [0.29, 0.717) is 43.1 Å². The highest BCUT2D eigenvalue weighted by Crippen LogP contribution is 2.62. The number of ether oxygens (including phenoxy) is 6. The minimum absolute atomic E-state index is 0.0221. The number of nitro groups is 1. The highest BCUT2D eigenvalue weighted by molar-refractivity contribution is 6.03. The molecule has 6 rings (SSSR count). The first-order chi connectivity index (χ1) is 32.4. The van der Waals surface area contributed by atoms with Crippen LogP contribution in [0.3, 0.4) is 0 Å². The van der Waals surface area contributed by atoms with E-state index in [2.05, 4.69) is 12.7 Å². The summed E-state index contributed by atoms with van der Waals surface area (Å²) in [6, 6.07) is 20.3. The molecule has 1 aliphatic heterocycles. The molecule has 3 N–H and O–H groups in total. The second-order valence-electron chi connectivity index (χ2n) is 18.0. The lowest BCUT2D eigenvalue weighted by atomic mass is 9.55. The Morgan fingerprint density at radius 3 is 2.40 bits per heavy atom. The molecule has 0 saturated heterocycles. The second kappa shape index (κ2) is 24.6. The first-order valence-corrected chi connectivity index (χ1v) is 23.4. The van der Waals surface area contributed by atoms with Crippen LogP contribution in [0.2, 0.25) is 0 Å². The van der Waals surface area contributed by atoms with Crippen LogP contribution >= 0.6 is 0 Å². The Labute approximate surface area is 393 Å². The summed E-state index contributed by atoms with van der Waals surface area (Å²) in [6.45, 7) is 10.2. The van der Waals surface area contributed by atoms with Gasteiger partial charge in [0.15, 0.2) is 0 Å². The molecule has 1 fully saturated rings. The largest absolute Gasteiger partial charge is 0.459 e. The molecule has 3 aliphatic rings. The summed E-state index contributed by atoms with van der Waals surface area (Å²) in [5, 5.41) is 46.1. The van der Waals surface area contributed by atoms with Crippen molar-refractivity contribution in [1.29, 1.82) is 0 Å². The number of non-ortho nitro benzene ring substituents is 1. The predicted octanol–water partition coefficient (Wildman–Crippen LogP) is 8.48. The van der Waals surface area contributed by atoms with Crippen molar-refractivity contribution in [3.8, 4) is 17.2 Å². The van der Waals surface area contributed by atoms with Crippen molar-refractivity contribution >= 4 is 17.5 Å². The summed E-state index contributed by atoms with van der Waals surface area (Å²) in [7, 11) is 0. The summed E-state index contributed by atoms with van der Waals surface area (Å²) >= 11 is 0. The van der Waals surface area contributed by atoms with E-state index in [-0.39, 0.29) is 95.0 Å². The Hall–Kier alpha value is -5.36. The molecular formula is C51H67N3O13. The van der Waals surface area contributed by atoms with E-state index >= 15 is 0 Å². The molecule has 0 spiro atoms. The van der Waals surface area contributed by atoms with Gasteiger partial charge < -0.3 is 48.6 Å². The number of carbonyl (C=O) groups excluding carboxylic acids is 1. The maximum atomic E-state index is 14.7. The fraction of sp³-hybridized carbons (Fsp3) is 0.529. The fourth-order valence-corrected chi connectivity index (χ4v) is 9.44. The van der Waals surface area contributed by atoms with E-state index in [1.54, 1.807) is 35.2 Å². The van der Waals surface area contributed by atoms with Crippen LogP contribution in [-0.2, 0) is 30.4 Å². The van der Waals surface area contributed by atoms with Gasteiger partial charge in [-0.1, -0.05) is 66.5 Å². The molecule has 6 atom stereocenters. The summed E-state index contributed by atoms with van der Waals surface area (Å²) < 4.78 is 38.3. The average molecular weight is 930 g/mol. The van der Waals surface area contributed by atoms with Crippen LogP contribution < -0.4 is 9.47 Å². The molecule has 3 aromatic carbocycles. The number of amides is 1. The molecule has 16 heteroatoms. The van der Waals surface area contributed by atoms with Crippen LogP contribution in [0.25, 0.3) is 0 Å². The monoisotopic (exact) mass is 929 g/mol. The third-order valence-electron chi connectivity index (χ3n) is 12.2. The molecule has 67 heavy (non-hydrogen) atoms. The number of unbranched alkanes of at least 4 members (excludes halogenated alkanes) is 2. The molecule has 0 bridgehead atoms. The smallest absolute Gasteiger partial charge is 0.410 e. The van der Waals surface area contributed by atoms with Crippen LogP contribution in [-0.4, -0.2) is 114 Å². The zero-order chi connectivity index (χ0) is 47.8. The first-order valence-electron chi connectivity index (χ1n) is 23.4. The number of fused-ring (bicyclic) bond motifs is 2. The SMILES string of the molecule is C=CCO[C@@]12Oc3ccc(Oc4cccc([N+](=O)[O-])c4)cc3[C@H]3[C@H](CCCCO)[C@@H](CCCCO)C=C(C(=NOC(C)(C)C)C[C@@H]1N(CCOCCO)C(=O)OCCOCc1ccccc1)[C@H]32. The number of nitrogens with zero attached hydrogens (tertiary/aromatic N) is 3. The topological polar surface area (TPSA) is 201 Å². The number of hydrogen-bond acceptors (Lipinski definition) is 14. The van der Waals surface area contributed by atoms with Crippen molar-refractivity contribution in [2.24, 2.45) is 22.9 Å². The van der Waals surface area contributed by atoms with E-state index in [4.69, 9.17) is 38.4 Å².